The van der Waals surface area contributed by atoms with E-state index >= 15 is 0 Å². The molecule has 0 saturated heterocycles. The van der Waals surface area contributed by atoms with Crippen molar-refractivity contribution in [3.63, 3.8) is 0 Å². The second-order valence-electron chi connectivity index (χ2n) is 5.06. The quantitative estimate of drug-likeness (QED) is 0.650. The van der Waals surface area contributed by atoms with Gasteiger partial charge in [-0.2, -0.15) is 5.10 Å². The van der Waals surface area contributed by atoms with Crippen molar-refractivity contribution in [2.24, 2.45) is 0 Å². The van der Waals surface area contributed by atoms with Gasteiger partial charge in [0, 0.05) is 17.1 Å². The van der Waals surface area contributed by atoms with Crippen LogP contribution in [0.3, 0.4) is 0 Å². The molecular weight excluding hydrogens is 336 g/mol. The second-order valence-corrected chi connectivity index (χ2v) is 5.97. The Kier molecular flexibility index (Phi) is 4.62. The molecule has 0 atom stereocenters. The van der Waals surface area contributed by atoms with E-state index in [1.165, 1.54) is 0 Å². The van der Waals surface area contributed by atoms with Gasteiger partial charge < -0.3 is 5.32 Å². The van der Waals surface area contributed by atoms with Gasteiger partial charge in [-0.15, -0.1) is 0 Å². The van der Waals surface area contributed by atoms with E-state index in [1.54, 1.807) is 11.6 Å². The monoisotopic (exact) mass is 352 g/mol. The van der Waals surface area contributed by atoms with Gasteiger partial charge in [0.15, 0.2) is 0 Å². The molecule has 7 heteroatoms. The minimum absolute atomic E-state index is 0.0424. The summed E-state index contributed by atoms with van der Waals surface area (Å²) in [5.41, 5.74) is 1.51. The highest BCUT2D eigenvalue weighted by molar-refractivity contribution is 9.10. The van der Waals surface area contributed by atoms with E-state index in [2.05, 4.69) is 26.3 Å². The summed E-state index contributed by atoms with van der Waals surface area (Å²) in [5, 5.41) is 18.6. The van der Waals surface area contributed by atoms with Crippen molar-refractivity contribution in [3.05, 3.63) is 50.1 Å². The number of nitro groups is 1. The van der Waals surface area contributed by atoms with Crippen LogP contribution in [0.2, 0.25) is 0 Å². The molecule has 1 heterocycles. The summed E-state index contributed by atoms with van der Waals surface area (Å²) in [7, 11) is 0. The van der Waals surface area contributed by atoms with Gasteiger partial charge in [0.1, 0.15) is 5.69 Å². The van der Waals surface area contributed by atoms with Gasteiger partial charge in [-0.1, -0.05) is 28.1 Å². The molecular formula is C14H17BrN4O2. The van der Waals surface area contributed by atoms with Crippen LogP contribution in [0, 0.1) is 17.0 Å². The molecule has 2 rings (SSSR count). The van der Waals surface area contributed by atoms with Crippen LogP contribution < -0.4 is 5.32 Å². The zero-order valence-corrected chi connectivity index (χ0v) is 13.7. The molecule has 0 aliphatic heterocycles. The first kappa shape index (κ1) is 15.5. The molecule has 1 aromatic carbocycles. The minimum atomic E-state index is -0.384. The maximum Gasteiger partial charge on any atom is 0.333 e. The normalized spacial score (nSPS) is 10.9. The Morgan fingerprint density at radius 2 is 2.00 bits per heavy atom. The van der Waals surface area contributed by atoms with Gasteiger partial charge in [0.25, 0.3) is 0 Å². The molecule has 21 heavy (non-hydrogen) atoms. The Bertz CT molecular complexity index is 650. The molecule has 0 saturated carbocycles. The summed E-state index contributed by atoms with van der Waals surface area (Å²) in [5.74, 6) is 0.454. The molecule has 2 aromatic rings. The molecule has 0 radical (unpaired) electrons. The number of hydrogen-bond donors (Lipinski definition) is 1. The van der Waals surface area contributed by atoms with Crippen LogP contribution in [0.15, 0.2) is 28.7 Å². The summed E-state index contributed by atoms with van der Waals surface area (Å²) >= 11 is 3.38. The SMILES string of the molecule is Cc1nn(C(C)C)c(NCc2ccc(Br)cc2)c1[N+](=O)[O-]. The van der Waals surface area contributed by atoms with Gasteiger partial charge in [-0.05, 0) is 38.5 Å². The number of anilines is 1. The largest absolute Gasteiger partial charge is 0.360 e. The lowest BCUT2D eigenvalue weighted by Gasteiger charge is -2.12. The summed E-state index contributed by atoms with van der Waals surface area (Å²) in [4.78, 5) is 10.9. The Morgan fingerprint density at radius 1 is 1.38 bits per heavy atom. The Labute approximate surface area is 131 Å². The number of hydrogen-bond acceptors (Lipinski definition) is 4. The predicted molar refractivity (Wildman–Crippen MR) is 85.5 cm³/mol. The zero-order chi connectivity index (χ0) is 15.6. The van der Waals surface area contributed by atoms with Crippen molar-refractivity contribution < 1.29 is 4.92 Å². The summed E-state index contributed by atoms with van der Waals surface area (Å²) in [6, 6.07) is 7.86. The lowest BCUT2D eigenvalue weighted by molar-refractivity contribution is -0.384. The third kappa shape index (κ3) is 3.41. The van der Waals surface area contributed by atoms with E-state index in [9.17, 15) is 10.1 Å². The number of benzene rings is 1. The van der Waals surface area contributed by atoms with Crippen LogP contribution >= 0.6 is 15.9 Å². The molecule has 0 spiro atoms. The van der Waals surface area contributed by atoms with Crippen LogP contribution in [0.4, 0.5) is 11.5 Å². The van der Waals surface area contributed by atoms with Crippen LogP contribution in [-0.4, -0.2) is 14.7 Å². The summed E-state index contributed by atoms with van der Waals surface area (Å²) < 4.78 is 2.66. The van der Waals surface area contributed by atoms with E-state index in [1.807, 2.05) is 38.1 Å². The second kappa shape index (κ2) is 6.26. The highest BCUT2D eigenvalue weighted by Crippen LogP contribution is 2.30. The van der Waals surface area contributed by atoms with Gasteiger partial charge in [-0.3, -0.25) is 10.1 Å². The summed E-state index contributed by atoms with van der Waals surface area (Å²) in [6.45, 7) is 6.05. The maximum atomic E-state index is 11.2. The van der Waals surface area contributed by atoms with Gasteiger partial charge in [0.2, 0.25) is 5.82 Å². The minimum Gasteiger partial charge on any atom is -0.360 e. The first-order valence-electron chi connectivity index (χ1n) is 6.62. The predicted octanol–water partition coefficient (Wildman–Crippen LogP) is 4.06. The van der Waals surface area contributed by atoms with Gasteiger partial charge >= 0.3 is 5.69 Å². The van der Waals surface area contributed by atoms with Crippen LogP contribution in [0.25, 0.3) is 0 Å². The fourth-order valence-corrected chi connectivity index (χ4v) is 2.35. The first-order valence-corrected chi connectivity index (χ1v) is 7.41. The van der Waals surface area contributed by atoms with Crippen molar-refractivity contribution in [2.75, 3.05) is 5.32 Å². The molecule has 112 valence electrons. The van der Waals surface area contributed by atoms with Crippen LogP contribution in [0.1, 0.15) is 31.1 Å². The molecule has 1 aromatic heterocycles. The standard InChI is InChI=1S/C14H17BrN4O2/c1-9(2)18-14(13(19(20)21)10(3)17-18)16-8-11-4-6-12(15)7-5-11/h4-7,9,16H,8H2,1-3H3. The van der Waals surface area contributed by atoms with Crippen LogP contribution in [0.5, 0.6) is 0 Å². The number of nitrogens with zero attached hydrogens (tertiary/aromatic N) is 3. The molecule has 0 amide bonds. The Hall–Kier alpha value is -1.89. The van der Waals surface area contributed by atoms with Crippen molar-refractivity contribution in [1.82, 2.24) is 9.78 Å². The molecule has 1 N–H and O–H groups in total. The number of aromatic nitrogens is 2. The number of rotatable bonds is 5. The number of aryl methyl sites for hydroxylation is 1. The van der Waals surface area contributed by atoms with Crippen molar-refractivity contribution in [2.45, 2.75) is 33.4 Å². The van der Waals surface area contributed by atoms with Gasteiger partial charge in [0.05, 0.1) is 4.92 Å². The van der Waals surface area contributed by atoms with Gasteiger partial charge in [-0.25, -0.2) is 4.68 Å². The first-order chi connectivity index (χ1) is 9.90. The molecule has 0 fully saturated rings. The third-order valence-electron chi connectivity index (χ3n) is 3.10. The van der Waals surface area contributed by atoms with E-state index in [-0.39, 0.29) is 16.7 Å². The van der Waals surface area contributed by atoms with E-state index in [4.69, 9.17) is 0 Å². The molecule has 0 unspecified atom stereocenters. The lowest BCUT2D eigenvalue weighted by atomic mass is 10.2. The Balaban J connectivity index is 2.29. The topological polar surface area (TPSA) is 73.0 Å². The van der Waals surface area contributed by atoms with E-state index in [0.717, 1.165) is 10.0 Å². The zero-order valence-electron chi connectivity index (χ0n) is 12.1. The Morgan fingerprint density at radius 3 is 2.52 bits per heavy atom. The summed E-state index contributed by atoms with van der Waals surface area (Å²) in [6.07, 6.45) is 0. The molecule has 0 bridgehead atoms. The fraction of sp³-hybridized carbons (Fsp3) is 0.357. The maximum absolute atomic E-state index is 11.2. The van der Waals surface area contributed by atoms with Crippen molar-refractivity contribution in [1.29, 1.82) is 0 Å². The lowest BCUT2D eigenvalue weighted by Crippen LogP contribution is -2.11. The fourth-order valence-electron chi connectivity index (χ4n) is 2.08. The van der Waals surface area contributed by atoms with E-state index < -0.39 is 0 Å². The molecule has 0 aliphatic rings. The van der Waals surface area contributed by atoms with Crippen molar-refractivity contribution in [3.8, 4) is 0 Å². The highest BCUT2D eigenvalue weighted by Gasteiger charge is 2.26. The average Bonchev–Trinajstić information content (AvgIpc) is 2.75. The smallest absolute Gasteiger partial charge is 0.333 e. The molecule has 6 nitrogen and oxygen atoms in total. The average molecular weight is 353 g/mol. The van der Waals surface area contributed by atoms with Crippen molar-refractivity contribution >= 4 is 27.4 Å². The van der Waals surface area contributed by atoms with Crippen LogP contribution in [-0.2, 0) is 6.54 Å². The number of halogens is 1. The number of nitrogens with one attached hydrogen (secondary N) is 1. The molecule has 0 aliphatic carbocycles. The third-order valence-corrected chi connectivity index (χ3v) is 3.63. The highest BCUT2D eigenvalue weighted by atomic mass is 79.9. The van der Waals surface area contributed by atoms with E-state index in [0.29, 0.717) is 18.1 Å².